The minimum atomic E-state index is -0.0719. The van der Waals surface area contributed by atoms with E-state index in [2.05, 4.69) is 22.4 Å². The van der Waals surface area contributed by atoms with Crippen LogP contribution in [0.2, 0.25) is 0 Å². The summed E-state index contributed by atoms with van der Waals surface area (Å²) >= 11 is 0. The van der Waals surface area contributed by atoms with Gasteiger partial charge in [0.1, 0.15) is 0 Å². The highest BCUT2D eigenvalue weighted by Crippen LogP contribution is 2.30. The van der Waals surface area contributed by atoms with Crippen LogP contribution in [0.3, 0.4) is 0 Å². The molecule has 0 spiro atoms. The Morgan fingerprint density at radius 2 is 2.05 bits per heavy atom. The molecular weight excluding hydrogens is 248 g/mol. The Bertz CT molecular complexity index is 634. The molecule has 0 saturated heterocycles. The summed E-state index contributed by atoms with van der Waals surface area (Å²) in [5.74, 6) is -0.0719. The number of nitrogens with zero attached hydrogens (tertiary/aromatic N) is 1. The number of carbonyl (C=O) groups is 1. The molecule has 1 aromatic carbocycles. The van der Waals surface area contributed by atoms with Gasteiger partial charge in [0.2, 0.25) is 5.91 Å². The Labute approximate surface area is 118 Å². The fourth-order valence-electron chi connectivity index (χ4n) is 2.56. The van der Waals surface area contributed by atoms with Crippen molar-refractivity contribution in [2.45, 2.75) is 18.9 Å². The van der Waals surface area contributed by atoms with Crippen LogP contribution in [-0.4, -0.2) is 10.9 Å². The van der Waals surface area contributed by atoms with Crippen molar-refractivity contribution < 1.29 is 4.79 Å². The lowest BCUT2D eigenvalue weighted by Gasteiger charge is -2.12. The topological polar surface area (TPSA) is 42.0 Å². The Balaban J connectivity index is 1.65. The standard InChI is InChI=1S/C17H16N2O/c20-17(11-9-14-6-3-4-12-18-14)19-16-10-8-13-5-1-2-7-15(13)16/h1-7,9,11-12,16H,8,10H2,(H,19,20)/b11-9+. The van der Waals surface area contributed by atoms with Gasteiger partial charge in [-0.1, -0.05) is 30.3 Å². The number of rotatable bonds is 3. The lowest BCUT2D eigenvalue weighted by Crippen LogP contribution is -2.25. The molecule has 0 bridgehead atoms. The zero-order valence-electron chi connectivity index (χ0n) is 11.1. The summed E-state index contributed by atoms with van der Waals surface area (Å²) in [7, 11) is 0. The molecule has 100 valence electrons. The summed E-state index contributed by atoms with van der Waals surface area (Å²) in [4.78, 5) is 16.1. The second-order valence-corrected chi connectivity index (χ2v) is 4.89. The molecule has 1 aliphatic carbocycles. The summed E-state index contributed by atoms with van der Waals surface area (Å²) in [6, 6.07) is 14.0. The molecule has 1 aromatic heterocycles. The van der Waals surface area contributed by atoms with Gasteiger partial charge in [-0.25, -0.2) is 0 Å². The SMILES string of the molecule is O=C(/C=C/c1ccccn1)NC1CCc2ccccc21. The molecule has 1 heterocycles. The molecule has 0 fully saturated rings. The summed E-state index contributed by atoms with van der Waals surface area (Å²) in [5.41, 5.74) is 3.37. The Hall–Kier alpha value is -2.42. The normalized spacial score (nSPS) is 17.1. The van der Waals surface area contributed by atoms with Gasteiger partial charge >= 0.3 is 0 Å². The average Bonchev–Trinajstić information content (AvgIpc) is 2.90. The number of aromatic nitrogens is 1. The van der Waals surface area contributed by atoms with E-state index in [9.17, 15) is 4.79 Å². The molecule has 1 unspecified atom stereocenters. The number of aryl methyl sites for hydroxylation is 1. The number of pyridine rings is 1. The van der Waals surface area contributed by atoms with Crippen LogP contribution >= 0.6 is 0 Å². The first-order valence-corrected chi connectivity index (χ1v) is 6.80. The maximum absolute atomic E-state index is 12.0. The van der Waals surface area contributed by atoms with Crippen molar-refractivity contribution in [3.05, 3.63) is 71.6 Å². The van der Waals surface area contributed by atoms with Crippen molar-refractivity contribution in [1.82, 2.24) is 10.3 Å². The number of nitrogens with one attached hydrogen (secondary N) is 1. The van der Waals surface area contributed by atoms with Crippen LogP contribution in [0.25, 0.3) is 6.08 Å². The summed E-state index contributed by atoms with van der Waals surface area (Å²) < 4.78 is 0. The molecule has 0 radical (unpaired) electrons. The number of fused-ring (bicyclic) bond motifs is 1. The first-order valence-electron chi connectivity index (χ1n) is 6.80. The number of carbonyl (C=O) groups excluding carboxylic acids is 1. The summed E-state index contributed by atoms with van der Waals surface area (Å²) in [6.07, 6.45) is 7.00. The van der Waals surface area contributed by atoms with Gasteiger partial charge in [0.05, 0.1) is 11.7 Å². The third-order valence-corrected chi connectivity index (χ3v) is 3.54. The Morgan fingerprint density at radius 3 is 2.90 bits per heavy atom. The highest BCUT2D eigenvalue weighted by Gasteiger charge is 2.22. The van der Waals surface area contributed by atoms with Crippen LogP contribution in [0.1, 0.15) is 29.3 Å². The fourth-order valence-corrected chi connectivity index (χ4v) is 2.56. The number of hydrogen-bond acceptors (Lipinski definition) is 2. The van der Waals surface area contributed by atoms with E-state index in [1.807, 2.05) is 30.3 Å². The number of amides is 1. The minimum absolute atomic E-state index is 0.0719. The summed E-state index contributed by atoms with van der Waals surface area (Å²) in [5, 5.41) is 3.05. The fraction of sp³-hybridized carbons (Fsp3) is 0.176. The van der Waals surface area contributed by atoms with Crippen LogP contribution < -0.4 is 5.32 Å². The lowest BCUT2D eigenvalue weighted by molar-refractivity contribution is -0.117. The van der Waals surface area contributed by atoms with E-state index in [0.717, 1.165) is 18.5 Å². The number of benzene rings is 1. The van der Waals surface area contributed by atoms with Gasteiger partial charge in [-0.15, -0.1) is 0 Å². The second kappa shape index (κ2) is 5.70. The van der Waals surface area contributed by atoms with Crippen molar-refractivity contribution in [2.75, 3.05) is 0 Å². The maximum Gasteiger partial charge on any atom is 0.244 e. The molecule has 0 aliphatic heterocycles. The van der Waals surface area contributed by atoms with Crippen molar-refractivity contribution in [2.24, 2.45) is 0 Å². The largest absolute Gasteiger partial charge is 0.346 e. The zero-order valence-corrected chi connectivity index (χ0v) is 11.1. The van der Waals surface area contributed by atoms with Gasteiger partial charge in [0.25, 0.3) is 0 Å². The summed E-state index contributed by atoms with van der Waals surface area (Å²) in [6.45, 7) is 0. The molecule has 3 heteroatoms. The first kappa shape index (κ1) is 12.6. The van der Waals surface area contributed by atoms with Gasteiger partial charge in [0.15, 0.2) is 0 Å². The van der Waals surface area contributed by atoms with Gasteiger partial charge in [-0.05, 0) is 42.2 Å². The van der Waals surface area contributed by atoms with Crippen LogP contribution in [-0.2, 0) is 11.2 Å². The van der Waals surface area contributed by atoms with E-state index in [0.29, 0.717) is 0 Å². The Morgan fingerprint density at radius 1 is 1.20 bits per heavy atom. The second-order valence-electron chi connectivity index (χ2n) is 4.89. The zero-order chi connectivity index (χ0) is 13.8. The molecule has 0 saturated carbocycles. The van der Waals surface area contributed by atoms with E-state index in [-0.39, 0.29) is 11.9 Å². The van der Waals surface area contributed by atoms with E-state index in [1.54, 1.807) is 18.3 Å². The van der Waals surface area contributed by atoms with Gasteiger partial charge in [0, 0.05) is 12.3 Å². The predicted molar refractivity (Wildman–Crippen MR) is 78.9 cm³/mol. The average molecular weight is 264 g/mol. The van der Waals surface area contributed by atoms with Crippen molar-refractivity contribution in [3.8, 4) is 0 Å². The van der Waals surface area contributed by atoms with E-state index in [4.69, 9.17) is 0 Å². The quantitative estimate of drug-likeness (QED) is 0.866. The third kappa shape index (κ3) is 2.77. The molecule has 3 nitrogen and oxygen atoms in total. The molecule has 20 heavy (non-hydrogen) atoms. The van der Waals surface area contributed by atoms with E-state index >= 15 is 0 Å². The number of hydrogen-bond donors (Lipinski definition) is 1. The lowest BCUT2D eigenvalue weighted by atomic mass is 10.1. The van der Waals surface area contributed by atoms with Crippen LogP contribution in [0, 0.1) is 0 Å². The van der Waals surface area contributed by atoms with Crippen LogP contribution in [0.15, 0.2) is 54.7 Å². The van der Waals surface area contributed by atoms with Crippen LogP contribution in [0.4, 0.5) is 0 Å². The maximum atomic E-state index is 12.0. The molecular formula is C17H16N2O. The van der Waals surface area contributed by atoms with Crippen molar-refractivity contribution in [3.63, 3.8) is 0 Å². The van der Waals surface area contributed by atoms with E-state index in [1.165, 1.54) is 11.1 Å². The minimum Gasteiger partial charge on any atom is -0.346 e. The predicted octanol–water partition coefficient (Wildman–Crippen LogP) is 2.90. The third-order valence-electron chi connectivity index (χ3n) is 3.54. The molecule has 1 amide bonds. The van der Waals surface area contributed by atoms with Crippen LogP contribution in [0.5, 0.6) is 0 Å². The van der Waals surface area contributed by atoms with E-state index < -0.39 is 0 Å². The smallest absolute Gasteiger partial charge is 0.244 e. The first-order chi connectivity index (χ1) is 9.83. The van der Waals surface area contributed by atoms with Gasteiger partial charge < -0.3 is 5.32 Å². The molecule has 2 aromatic rings. The highest BCUT2D eigenvalue weighted by molar-refractivity contribution is 5.91. The Kier molecular flexibility index (Phi) is 3.59. The van der Waals surface area contributed by atoms with Gasteiger partial charge in [-0.2, -0.15) is 0 Å². The van der Waals surface area contributed by atoms with Crippen molar-refractivity contribution >= 4 is 12.0 Å². The molecule has 1 aliphatic rings. The molecule has 1 N–H and O–H groups in total. The molecule has 3 rings (SSSR count). The highest BCUT2D eigenvalue weighted by atomic mass is 16.1. The molecule has 1 atom stereocenters. The monoisotopic (exact) mass is 264 g/mol. The van der Waals surface area contributed by atoms with Crippen molar-refractivity contribution in [1.29, 1.82) is 0 Å². The van der Waals surface area contributed by atoms with Gasteiger partial charge in [-0.3, -0.25) is 9.78 Å².